The number of benzene rings is 2. The van der Waals surface area contributed by atoms with Crippen LogP contribution < -0.4 is 5.32 Å². The van der Waals surface area contributed by atoms with E-state index in [2.05, 4.69) is 21.2 Å². The Kier molecular flexibility index (Phi) is 6.58. The first kappa shape index (κ1) is 19.5. The number of anilines is 1. The molecule has 0 spiro atoms. The van der Waals surface area contributed by atoms with Crippen LogP contribution in [0.15, 0.2) is 42.5 Å². The minimum atomic E-state index is -0.198. The van der Waals surface area contributed by atoms with Crippen LogP contribution >= 0.6 is 0 Å². The highest BCUT2D eigenvalue weighted by Gasteiger charge is 2.17. The van der Waals surface area contributed by atoms with Gasteiger partial charge in [0.1, 0.15) is 5.82 Å². The van der Waals surface area contributed by atoms with E-state index in [0.717, 1.165) is 61.5 Å². The predicted octanol–water partition coefficient (Wildman–Crippen LogP) is 3.59. The van der Waals surface area contributed by atoms with E-state index >= 15 is 0 Å². The van der Waals surface area contributed by atoms with Gasteiger partial charge in [0.25, 0.3) is 0 Å². The number of rotatable bonds is 5. The highest BCUT2D eigenvalue weighted by Crippen LogP contribution is 2.16. The van der Waals surface area contributed by atoms with Crippen LogP contribution in [0.5, 0.6) is 0 Å². The average molecular weight is 369 g/mol. The van der Waals surface area contributed by atoms with Crippen LogP contribution in [0.1, 0.15) is 23.1 Å². The van der Waals surface area contributed by atoms with Crippen molar-refractivity contribution in [3.63, 3.8) is 0 Å². The van der Waals surface area contributed by atoms with E-state index < -0.39 is 0 Å². The van der Waals surface area contributed by atoms with Crippen molar-refractivity contribution in [1.82, 2.24) is 9.80 Å². The standard InChI is InChI=1S/C22H28FN3O/c1-17-4-5-18(2)21(14-17)24-22(27)16-26-11-3-10-25(12-13-26)15-19-6-8-20(23)9-7-19/h4-9,14H,3,10-13,15-16H2,1-2H3,(H,24,27). The van der Waals surface area contributed by atoms with E-state index in [9.17, 15) is 9.18 Å². The molecule has 1 aliphatic heterocycles. The molecule has 1 amide bonds. The molecule has 1 heterocycles. The highest BCUT2D eigenvalue weighted by molar-refractivity contribution is 5.93. The predicted molar refractivity (Wildman–Crippen MR) is 107 cm³/mol. The number of aryl methyl sites for hydroxylation is 2. The summed E-state index contributed by atoms with van der Waals surface area (Å²) in [4.78, 5) is 17.0. The molecule has 2 aromatic carbocycles. The molecule has 0 bridgehead atoms. The molecular formula is C22H28FN3O. The Hall–Kier alpha value is -2.24. The van der Waals surface area contributed by atoms with Gasteiger partial charge in [-0.3, -0.25) is 14.6 Å². The molecule has 1 N–H and O–H groups in total. The number of hydrogen-bond acceptors (Lipinski definition) is 3. The minimum absolute atomic E-state index is 0.0377. The fourth-order valence-corrected chi connectivity index (χ4v) is 3.45. The first-order valence-electron chi connectivity index (χ1n) is 9.56. The van der Waals surface area contributed by atoms with Gasteiger partial charge in [0.2, 0.25) is 5.91 Å². The third-order valence-electron chi connectivity index (χ3n) is 5.03. The van der Waals surface area contributed by atoms with Gasteiger partial charge in [-0.25, -0.2) is 4.39 Å². The monoisotopic (exact) mass is 369 g/mol. The van der Waals surface area contributed by atoms with Crippen molar-refractivity contribution in [2.75, 3.05) is 38.0 Å². The van der Waals surface area contributed by atoms with Crippen LogP contribution in [0.2, 0.25) is 0 Å². The number of carbonyl (C=O) groups is 1. The molecule has 0 unspecified atom stereocenters. The Balaban J connectivity index is 1.49. The molecule has 2 aromatic rings. The summed E-state index contributed by atoms with van der Waals surface area (Å²) in [5.74, 6) is -0.161. The lowest BCUT2D eigenvalue weighted by Crippen LogP contribution is -2.36. The number of nitrogens with one attached hydrogen (secondary N) is 1. The molecule has 1 saturated heterocycles. The third-order valence-corrected chi connectivity index (χ3v) is 5.03. The molecule has 144 valence electrons. The van der Waals surface area contributed by atoms with Crippen LogP contribution in [0.3, 0.4) is 0 Å². The van der Waals surface area contributed by atoms with Crippen molar-refractivity contribution in [3.05, 3.63) is 65.0 Å². The van der Waals surface area contributed by atoms with Crippen molar-refractivity contribution in [1.29, 1.82) is 0 Å². The fraction of sp³-hybridized carbons (Fsp3) is 0.409. The Morgan fingerprint density at radius 2 is 1.70 bits per heavy atom. The van der Waals surface area contributed by atoms with Crippen LogP contribution in [0, 0.1) is 19.7 Å². The fourth-order valence-electron chi connectivity index (χ4n) is 3.45. The van der Waals surface area contributed by atoms with Crippen molar-refractivity contribution < 1.29 is 9.18 Å². The first-order valence-corrected chi connectivity index (χ1v) is 9.56. The van der Waals surface area contributed by atoms with Crippen LogP contribution in [0.25, 0.3) is 0 Å². The van der Waals surface area contributed by atoms with Crippen molar-refractivity contribution in [2.24, 2.45) is 0 Å². The van der Waals surface area contributed by atoms with Gasteiger partial charge in [-0.2, -0.15) is 0 Å². The van der Waals surface area contributed by atoms with E-state index in [1.54, 1.807) is 0 Å². The largest absolute Gasteiger partial charge is 0.325 e. The SMILES string of the molecule is Cc1ccc(C)c(NC(=O)CN2CCCN(Cc3ccc(F)cc3)CC2)c1. The van der Waals surface area contributed by atoms with Gasteiger partial charge in [0.15, 0.2) is 0 Å². The highest BCUT2D eigenvalue weighted by atomic mass is 19.1. The lowest BCUT2D eigenvalue weighted by atomic mass is 10.1. The summed E-state index contributed by atoms with van der Waals surface area (Å²) in [5, 5.41) is 3.05. The second-order valence-electron chi connectivity index (χ2n) is 7.40. The maximum atomic E-state index is 13.0. The molecule has 27 heavy (non-hydrogen) atoms. The van der Waals surface area contributed by atoms with Gasteiger partial charge < -0.3 is 5.32 Å². The molecule has 4 nitrogen and oxygen atoms in total. The van der Waals surface area contributed by atoms with Crippen LogP contribution in [0.4, 0.5) is 10.1 Å². The normalized spacial score (nSPS) is 16.1. The van der Waals surface area contributed by atoms with Crippen molar-refractivity contribution >= 4 is 11.6 Å². The summed E-state index contributed by atoms with van der Waals surface area (Å²) in [6.45, 7) is 8.96. The Labute approximate surface area is 161 Å². The average Bonchev–Trinajstić information content (AvgIpc) is 2.85. The molecule has 3 rings (SSSR count). The molecule has 5 heteroatoms. The second kappa shape index (κ2) is 9.11. The molecular weight excluding hydrogens is 341 g/mol. The summed E-state index contributed by atoms with van der Waals surface area (Å²) in [6, 6.07) is 12.8. The molecule has 0 aliphatic carbocycles. The van der Waals surface area contributed by atoms with E-state index in [0.29, 0.717) is 6.54 Å². The molecule has 0 atom stereocenters. The summed E-state index contributed by atoms with van der Waals surface area (Å²) in [5.41, 5.74) is 4.24. The lowest BCUT2D eigenvalue weighted by Gasteiger charge is -2.21. The van der Waals surface area contributed by atoms with Crippen LogP contribution in [-0.4, -0.2) is 48.4 Å². The number of carbonyl (C=O) groups excluding carboxylic acids is 1. The number of hydrogen-bond donors (Lipinski definition) is 1. The summed E-state index contributed by atoms with van der Waals surface area (Å²) < 4.78 is 13.0. The molecule has 0 aromatic heterocycles. The van der Waals surface area contributed by atoms with Gasteiger partial charge >= 0.3 is 0 Å². The molecule has 0 saturated carbocycles. The zero-order valence-corrected chi connectivity index (χ0v) is 16.2. The zero-order chi connectivity index (χ0) is 19.2. The second-order valence-corrected chi connectivity index (χ2v) is 7.40. The molecule has 1 aliphatic rings. The smallest absolute Gasteiger partial charge is 0.238 e. The van der Waals surface area contributed by atoms with E-state index in [1.807, 2.05) is 38.1 Å². The molecule has 0 radical (unpaired) electrons. The number of nitrogens with zero attached hydrogens (tertiary/aromatic N) is 2. The van der Waals surface area contributed by atoms with Crippen LogP contribution in [-0.2, 0) is 11.3 Å². The van der Waals surface area contributed by atoms with Crippen molar-refractivity contribution in [3.8, 4) is 0 Å². The Morgan fingerprint density at radius 3 is 2.48 bits per heavy atom. The first-order chi connectivity index (χ1) is 13.0. The quantitative estimate of drug-likeness (QED) is 0.875. The van der Waals surface area contributed by atoms with E-state index in [-0.39, 0.29) is 11.7 Å². The van der Waals surface area contributed by atoms with Crippen molar-refractivity contribution in [2.45, 2.75) is 26.8 Å². The Morgan fingerprint density at radius 1 is 1.00 bits per heavy atom. The lowest BCUT2D eigenvalue weighted by molar-refractivity contribution is -0.117. The van der Waals surface area contributed by atoms with E-state index in [1.165, 1.54) is 12.1 Å². The summed E-state index contributed by atoms with van der Waals surface area (Å²) in [7, 11) is 0. The molecule has 1 fully saturated rings. The van der Waals surface area contributed by atoms with Gasteiger partial charge in [-0.05, 0) is 68.2 Å². The maximum Gasteiger partial charge on any atom is 0.238 e. The number of halogens is 1. The summed E-state index contributed by atoms with van der Waals surface area (Å²) in [6.07, 6.45) is 1.03. The summed E-state index contributed by atoms with van der Waals surface area (Å²) >= 11 is 0. The van der Waals surface area contributed by atoms with E-state index in [4.69, 9.17) is 0 Å². The number of amides is 1. The van der Waals surface area contributed by atoms with Gasteiger partial charge in [0, 0.05) is 25.3 Å². The van der Waals surface area contributed by atoms with Gasteiger partial charge in [-0.15, -0.1) is 0 Å². The maximum absolute atomic E-state index is 13.0. The minimum Gasteiger partial charge on any atom is -0.325 e. The third kappa shape index (κ3) is 5.88. The van der Waals surface area contributed by atoms with Gasteiger partial charge in [0.05, 0.1) is 6.54 Å². The zero-order valence-electron chi connectivity index (χ0n) is 16.2. The Bertz CT molecular complexity index is 776. The topological polar surface area (TPSA) is 35.6 Å². The van der Waals surface area contributed by atoms with Gasteiger partial charge in [-0.1, -0.05) is 24.3 Å².